The molecule has 0 bridgehead atoms. The van der Waals surface area contributed by atoms with Crippen LogP contribution in [-0.4, -0.2) is 34.2 Å². The first-order valence-electron chi connectivity index (χ1n) is 7.57. The SMILES string of the molecule is CCCNS(=O)(=O)c1ccc2c(c1)N(CC)CC(CC)O2. The number of hydrogen-bond donors (Lipinski definition) is 1. The molecule has 1 aliphatic heterocycles. The fourth-order valence-corrected chi connectivity index (χ4v) is 3.56. The number of hydrogen-bond acceptors (Lipinski definition) is 4. The lowest BCUT2D eigenvalue weighted by Crippen LogP contribution is -2.39. The molecule has 1 aromatic carbocycles. The summed E-state index contributed by atoms with van der Waals surface area (Å²) in [5.41, 5.74) is 0.863. The van der Waals surface area contributed by atoms with Crippen molar-refractivity contribution in [3.63, 3.8) is 0 Å². The van der Waals surface area contributed by atoms with Crippen molar-refractivity contribution in [1.29, 1.82) is 0 Å². The van der Waals surface area contributed by atoms with E-state index in [-0.39, 0.29) is 6.10 Å². The topological polar surface area (TPSA) is 58.6 Å². The van der Waals surface area contributed by atoms with E-state index in [1.54, 1.807) is 18.2 Å². The standard InChI is InChI=1S/C15H24N2O3S/c1-4-9-16-21(18,19)13-7-8-15-14(10-13)17(6-3)11-12(5-2)20-15/h7-8,10,12,16H,4-6,9,11H2,1-3H3. The quantitative estimate of drug-likeness (QED) is 0.876. The van der Waals surface area contributed by atoms with Crippen LogP contribution < -0.4 is 14.4 Å². The number of ether oxygens (including phenoxy) is 1. The van der Waals surface area contributed by atoms with Gasteiger partial charge in [-0.15, -0.1) is 0 Å². The zero-order valence-electron chi connectivity index (χ0n) is 12.9. The highest BCUT2D eigenvalue weighted by molar-refractivity contribution is 7.89. The van der Waals surface area contributed by atoms with Crippen molar-refractivity contribution in [2.24, 2.45) is 0 Å². The minimum atomic E-state index is -3.44. The van der Waals surface area contributed by atoms with Crippen molar-refractivity contribution < 1.29 is 13.2 Å². The minimum Gasteiger partial charge on any atom is -0.486 e. The summed E-state index contributed by atoms with van der Waals surface area (Å²) in [5, 5.41) is 0. The monoisotopic (exact) mass is 312 g/mol. The fourth-order valence-electron chi connectivity index (χ4n) is 2.40. The zero-order chi connectivity index (χ0) is 15.5. The zero-order valence-corrected chi connectivity index (χ0v) is 13.7. The van der Waals surface area contributed by atoms with Crippen LogP contribution in [0, 0.1) is 0 Å². The third-order valence-corrected chi connectivity index (χ3v) is 5.14. The number of sulfonamides is 1. The van der Waals surface area contributed by atoms with Crippen LogP contribution in [0.25, 0.3) is 0 Å². The molecule has 21 heavy (non-hydrogen) atoms. The van der Waals surface area contributed by atoms with Crippen molar-refractivity contribution in [1.82, 2.24) is 4.72 Å². The van der Waals surface area contributed by atoms with E-state index in [2.05, 4.69) is 23.5 Å². The second-order valence-corrected chi connectivity index (χ2v) is 6.98. The highest BCUT2D eigenvalue weighted by Crippen LogP contribution is 2.35. The van der Waals surface area contributed by atoms with Gasteiger partial charge in [-0.3, -0.25) is 0 Å². The summed E-state index contributed by atoms with van der Waals surface area (Å²) >= 11 is 0. The maximum absolute atomic E-state index is 12.2. The molecule has 1 heterocycles. The Balaban J connectivity index is 2.34. The van der Waals surface area contributed by atoms with Gasteiger partial charge in [0.2, 0.25) is 10.0 Å². The van der Waals surface area contributed by atoms with Crippen LogP contribution in [0.1, 0.15) is 33.6 Å². The van der Waals surface area contributed by atoms with Crippen LogP contribution >= 0.6 is 0 Å². The van der Waals surface area contributed by atoms with E-state index in [9.17, 15) is 8.42 Å². The average molecular weight is 312 g/mol. The largest absolute Gasteiger partial charge is 0.486 e. The summed E-state index contributed by atoms with van der Waals surface area (Å²) in [7, 11) is -3.44. The molecule has 0 saturated carbocycles. The Bertz CT molecular complexity index is 587. The lowest BCUT2D eigenvalue weighted by Gasteiger charge is -2.35. The van der Waals surface area contributed by atoms with Gasteiger partial charge in [-0.25, -0.2) is 13.1 Å². The molecule has 1 unspecified atom stereocenters. The third kappa shape index (κ3) is 3.49. The molecule has 1 N–H and O–H groups in total. The van der Waals surface area contributed by atoms with Gasteiger partial charge in [-0.05, 0) is 38.0 Å². The average Bonchev–Trinajstić information content (AvgIpc) is 2.51. The Morgan fingerprint density at radius 3 is 2.71 bits per heavy atom. The van der Waals surface area contributed by atoms with Crippen LogP contribution in [0.15, 0.2) is 23.1 Å². The molecule has 6 heteroatoms. The molecule has 0 saturated heterocycles. The molecule has 2 rings (SSSR count). The van der Waals surface area contributed by atoms with Gasteiger partial charge in [0.05, 0.1) is 17.1 Å². The molecule has 1 aliphatic rings. The molecular formula is C15H24N2O3S. The van der Waals surface area contributed by atoms with Gasteiger partial charge in [0.15, 0.2) is 0 Å². The number of nitrogens with one attached hydrogen (secondary N) is 1. The maximum atomic E-state index is 12.2. The van der Waals surface area contributed by atoms with E-state index in [0.29, 0.717) is 11.4 Å². The lowest BCUT2D eigenvalue weighted by atomic mass is 10.1. The molecule has 5 nitrogen and oxygen atoms in total. The molecule has 0 spiro atoms. The summed E-state index contributed by atoms with van der Waals surface area (Å²) in [5.74, 6) is 0.768. The summed E-state index contributed by atoms with van der Waals surface area (Å²) in [6.45, 7) is 8.18. The molecular weight excluding hydrogens is 288 g/mol. The Morgan fingerprint density at radius 2 is 2.10 bits per heavy atom. The normalized spacial score (nSPS) is 18.2. The summed E-state index contributed by atoms with van der Waals surface area (Å²) in [6, 6.07) is 5.09. The van der Waals surface area contributed by atoms with Crippen LogP contribution in [0.3, 0.4) is 0 Å². The third-order valence-electron chi connectivity index (χ3n) is 3.68. The van der Waals surface area contributed by atoms with Crippen molar-refractivity contribution in [3.8, 4) is 5.75 Å². The molecule has 0 fully saturated rings. The van der Waals surface area contributed by atoms with E-state index in [0.717, 1.165) is 37.4 Å². The van der Waals surface area contributed by atoms with Crippen LogP contribution in [0.4, 0.5) is 5.69 Å². The second kappa shape index (κ2) is 6.66. The fraction of sp³-hybridized carbons (Fsp3) is 0.600. The van der Waals surface area contributed by atoms with Crippen LogP contribution in [-0.2, 0) is 10.0 Å². The van der Waals surface area contributed by atoms with E-state index < -0.39 is 10.0 Å². The van der Waals surface area contributed by atoms with E-state index in [1.807, 2.05) is 6.92 Å². The second-order valence-electron chi connectivity index (χ2n) is 5.21. The number of nitrogens with zero attached hydrogens (tertiary/aromatic N) is 1. The minimum absolute atomic E-state index is 0.165. The van der Waals surface area contributed by atoms with Gasteiger partial charge in [-0.2, -0.15) is 0 Å². The predicted molar refractivity (Wildman–Crippen MR) is 84.5 cm³/mol. The molecule has 0 aliphatic carbocycles. The van der Waals surface area contributed by atoms with Crippen molar-refractivity contribution in [2.75, 3.05) is 24.5 Å². The number of benzene rings is 1. The molecule has 1 aromatic rings. The maximum Gasteiger partial charge on any atom is 0.240 e. The first kappa shape index (κ1) is 16.1. The summed E-state index contributed by atoms with van der Waals surface area (Å²) in [6.07, 6.45) is 1.87. The van der Waals surface area contributed by atoms with Crippen LogP contribution in [0.5, 0.6) is 5.75 Å². The van der Waals surface area contributed by atoms with Crippen LogP contribution in [0.2, 0.25) is 0 Å². The lowest BCUT2D eigenvalue weighted by molar-refractivity contribution is 0.189. The molecule has 0 amide bonds. The van der Waals surface area contributed by atoms with Crippen molar-refractivity contribution in [3.05, 3.63) is 18.2 Å². The number of rotatable bonds is 6. The van der Waals surface area contributed by atoms with Gasteiger partial charge in [0.25, 0.3) is 0 Å². The van der Waals surface area contributed by atoms with Gasteiger partial charge in [-0.1, -0.05) is 13.8 Å². The summed E-state index contributed by atoms with van der Waals surface area (Å²) in [4.78, 5) is 2.47. The smallest absolute Gasteiger partial charge is 0.240 e. The van der Waals surface area contributed by atoms with Gasteiger partial charge in [0.1, 0.15) is 11.9 Å². The van der Waals surface area contributed by atoms with E-state index in [4.69, 9.17) is 4.74 Å². The number of likely N-dealkylation sites (N-methyl/N-ethyl adjacent to an activating group) is 1. The van der Waals surface area contributed by atoms with Crippen molar-refractivity contribution in [2.45, 2.75) is 44.6 Å². The van der Waals surface area contributed by atoms with E-state index >= 15 is 0 Å². The molecule has 118 valence electrons. The highest BCUT2D eigenvalue weighted by Gasteiger charge is 2.25. The first-order valence-corrected chi connectivity index (χ1v) is 9.05. The number of anilines is 1. The van der Waals surface area contributed by atoms with Crippen molar-refractivity contribution >= 4 is 15.7 Å². The predicted octanol–water partition coefficient (Wildman–Crippen LogP) is 2.37. The van der Waals surface area contributed by atoms with Gasteiger partial charge in [0, 0.05) is 13.1 Å². The summed E-state index contributed by atoms with van der Waals surface area (Å²) < 4.78 is 32.9. The first-order chi connectivity index (χ1) is 10.0. The molecule has 1 atom stereocenters. The number of fused-ring (bicyclic) bond motifs is 1. The molecule has 0 radical (unpaired) electrons. The Morgan fingerprint density at radius 1 is 1.33 bits per heavy atom. The highest BCUT2D eigenvalue weighted by atomic mass is 32.2. The Hall–Kier alpha value is -1.27. The van der Waals surface area contributed by atoms with Gasteiger partial charge >= 0.3 is 0 Å². The Kier molecular flexibility index (Phi) is 5.11. The van der Waals surface area contributed by atoms with E-state index in [1.165, 1.54) is 0 Å². The molecule has 0 aromatic heterocycles. The van der Waals surface area contributed by atoms with Gasteiger partial charge < -0.3 is 9.64 Å². The Labute approximate surface area is 127 Å².